The zero-order valence-electron chi connectivity index (χ0n) is 9.62. The molecule has 16 heavy (non-hydrogen) atoms. The quantitative estimate of drug-likeness (QED) is 0.830. The SMILES string of the molecule is CC(Cl)C(C)(C)Nc1nccc2occc12. The number of nitrogens with one attached hydrogen (secondary N) is 1. The molecule has 0 fully saturated rings. The summed E-state index contributed by atoms with van der Waals surface area (Å²) in [5.41, 5.74) is 0.607. The number of hydrogen-bond acceptors (Lipinski definition) is 3. The number of alkyl halides is 1. The Morgan fingerprint density at radius 1 is 1.44 bits per heavy atom. The van der Waals surface area contributed by atoms with E-state index in [4.69, 9.17) is 16.0 Å². The highest BCUT2D eigenvalue weighted by Crippen LogP contribution is 2.26. The van der Waals surface area contributed by atoms with Crippen LogP contribution in [0.15, 0.2) is 29.0 Å². The maximum atomic E-state index is 6.13. The molecule has 1 N–H and O–H groups in total. The van der Waals surface area contributed by atoms with Crippen molar-refractivity contribution in [2.24, 2.45) is 0 Å². The van der Waals surface area contributed by atoms with Crippen LogP contribution >= 0.6 is 11.6 Å². The van der Waals surface area contributed by atoms with Gasteiger partial charge in [0.25, 0.3) is 0 Å². The van der Waals surface area contributed by atoms with E-state index in [2.05, 4.69) is 10.3 Å². The lowest BCUT2D eigenvalue weighted by Gasteiger charge is -2.29. The van der Waals surface area contributed by atoms with E-state index < -0.39 is 0 Å². The van der Waals surface area contributed by atoms with Crippen molar-refractivity contribution >= 4 is 28.4 Å². The lowest BCUT2D eigenvalue weighted by Crippen LogP contribution is -2.39. The second-order valence-corrected chi connectivity index (χ2v) is 5.11. The summed E-state index contributed by atoms with van der Waals surface area (Å²) in [5, 5.41) is 4.32. The Morgan fingerprint density at radius 2 is 2.19 bits per heavy atom. The van der Waals surface area contributed by atoms with Gasteiger partial charge in [-0.3, -0.25) is 0 Å². The minimum absolute atomic E-state index is 0.00328. The molecule has 0 aliphatic carbocycles. The van der Waals surface area contributed by atoms with Crippen LogP contribution in [0.3, 0.4) is 0 Å². The third-order valence-electron chi connectivity index (χ3n) is 2.81. The van der Waals surface area contributed by atoms with Gasteiger partial charge in [-0.1, -0.05) is 0 Å². The number of rotatable bonds is 3. The first-order valence-electron chi connectivity index (χ1n) is 5.25. The molecule has 4 heteroatoms. The molecule has 0 spiro atoms. The first-order chi connectivity index (χ1) is 7.50. The van der Waals surface area contributed by atoms with Gasteiger partial charge in [0.1, 0.15) is 11.4 Å². The number of anilines is 1. The predicted octanol–water partition coefficient (Wildman–Crippen LogP) is 3.65. The van der Waals surface area contributed by atoms with Crippen molar-refractivity contribution in [3.63, 3.8) is 0 Å². The van der Waals surface area contributed by atoms with Crippen molar-refractivity contribution in [3.8, 4) is 0 Å². The minimum Gasteiger partial charge on any atom is -0.464 e. The van der Waals surface area contributed by atoms with E-state index in [-0.39, 0.29) is 10.9 Å². The van der Waals surface area contributed by atoms with Gasteiger partial charge >= 0.3 is 0 Å². The summed E-state index contributed by atoms with van der Waals surface area (Å²) in [5.74, 6) is 0.809. The van der Waals surface area contributed by atoms with Gasteiger partial charge in [0.2, 0.25) is 0 Å². The van der Waals surface area contributed by atoms with Crippen LogP contribution in [0.4, 0.5) is 5.82 Å². The molecule has 0 saturated heterocycles. The summed E-state index contributed by atoms with van der Waals surface area (Å²) in [7, 11) is 0. The standard InChI is InChI=1S/C12H15ClN2O/c1-8(13)12(2,3)15-11-9-5-7-16-10(9)4-6-14-11/h4-8H,1-3H3,(H,14,15). The van der Waals surface area contributed by atoms with E-state index >= 15 is 0 Å². The molecule has 0 bridgehead atoms. The molecule has 0 saturated carbocycles. The Labute approximate surface area is 99.8 Å². The number of halogens is 1. The Hall–Kier alpha value is -1.22. The lowest BCUT2D eigenvalue weighted by molar-refractivity contribution is 0.553. The molecule has 3 nitrogen and oxygen atoms in total. The summed E-state index contributed by atoms with van der Waals surface area (Å²) in [6.45, 7) is 6.06. The summed E-state index contributed by atoms with van der Waals surface area (Å²) < 4.78 is 5.32. The van der Waals surface area contributed by atoms with Crippen molar-refractivity contribution in [1.82, 2.24) is 4.98 Å². The number of pyridine rings is 1. The maximum absolute atomic E-state index is 6.13. The summed E-state index contributed by atoms with van der Waals surface area (Å²) >= 11 is 6.13. The fourth-order valence-corrected chi connectivity index (χ4v) is 1.45. The average molecular weight is 239 g/mol. The molecule has 86 valence electrons. The van der Waals surface area contributed by atoms with Gasteiger partial charge in [-0.05, 0) is 32.9 Å². The smallest absolute Gasteiger partial charge is 0.139 e. The van der Waals surface area contributed by atoms with Gasteiger partial charge in [0.15, 0.2) is 0 Å². The van der Waals surface area contributed by atoms with Gasteiger partial charge in [0.05, 0.1) is 17.0 Å². The number of nitrogens with zero attached hydrogens (tertiary/aromatic N) is 1. The average Bonchev–Trinajstić information content (AvgIpc) is 2.65. The number of fused-ring (bicyclic) bond motifs is 1. The molecule has 1 unspecified atom stereocenters. The lowest BCUT2D eigenvalue weighted by atomic mass is 10.0. The van der Waals surface area contributed by atoms with Crippen molar-refractivity contribution in [1.29, 1.82) is 0 Å². The summed E-state index contributed by atoms with van der Waals surface area (Å²) in [4.78, 5) is 4.32. The van der Waals surface area contributed by atoms with Gasteiger partial charge in [0, 0.05) is 11.7 Å². The van der Waals surface area contributed by atoms with Gasteiger partial charge in [-0.2, -0.15) is 0 Å². The molecule has 1 atom stereocenters. The van der Waals surface area contributed by atoms with E-state index in [9.17, 15) is 0 Å². The van der Waals surface area contributed by atoms with Crippen molar-refractivity contribution < 1.29 is 4.42 Å². The van der Waals surface area contributed by atoms with Gasteiger partial charge in [-0.15, -0.1) is 11.6 Å². The van der Waals surface area contributed by atoms with E-state index in [1.165, 1.54) is 0 Å². The third-order valence-corrected chi connectivity index (χ3v) is 3.36. The van der Waals surface area contributed by atoms with Crippen LogP contribution in [0, 0.1) is 0 Å². The number of furan rings is 1. The zero-order chi connectivity index (χ0) is 11.8. The molecular formula is C12H15ClN2O. The fourth-order valence-electron chi connectivity index (χ4n) is 1.40. The van der Waals surface area contributed by atoms with Gasteiger partial charge < -0.3 is 9.73 Å². The molecule has 2 rings (SSSR count). The largest absolute Gasteiger partial charge is 0.464 e. The second kappa shape index (κ2) is 3.98. The van der Waals surface area contributed by atoms with Crippen LogP contribution in [0.1, 0.15) is 20.8 Å². The number of hydrogen-bond donors (Lipinski definition) is 1. The van der Waals surface area contributed by atoms with Crippen LogP contribution in [0.2, 0.25) is 0 Å². The fraction of sp³-hybridized carbons (Fsp3) is 0.417. The molecular weight excluding hydrogens is 224 g/mol. The van der Waals surface area contributed by atoms with Crippen LogP contribution < -0.4 is 5.32 Å². The van der Waals surface area contributed by atoms with Crippen LogP contribution in [-0.4, -0.2) is 15.9 Å². The molecule has 2 heterocycles. The van der Waals surface area contributed by atoms with Crippen LogP contribution in [-0.2, 0) is 0 Å². The Morgan fingerprint density at radius 3 is 2.88 bits per heavy atom. The van der Waals surface area contributed by atoms with E-state index in [1.54, 1.807) is 12.5 Å². The first kappa shape index (κ1) is 11.3. The van der Waals surface area contributed by atoms with Crippen molar-refractivity contribution in [2.75, 3.05) is 5.32 Å². The maximum Gasteiger partial charge on any atom is 0.139 e. The normalized spacial score (nSPS) is 14.0. The molecule has 0 aliphatic rings. The zero-order valence-corrected chi connectivity index (χ0v) is 10.4. The van der Waals surface area contributed by atoms with Crippen molar-refractivity contribution in [3.05, 3.63) is 24.6 Å². The predicted molar refractivity (Wildman–Crippen MR) is 67.0 cm³/mol. The van der Waals surface area contributed by atoms with E-state index in [1.807, 2.05) is 32.9 Å². The highest BCUT2D eigenvalue weighted by Gasteiger charge is 2.25. The molecule has 0 amide bonds. The molecule has 2 aromatic heterocycles. The Bertz CT molecular complexity index is 490. The number of aromatic nitrogens is 1. The molecule has 2 aromatic rings. The monoisotopic (exact) mass is 238 g/mol. The Kier molecular flexibility index (Phi) is 2.80. The second-order valence-electron chi connectivity index (χ2n) is 4.45. The highest BCUT2D eigenvalue weighted by molar-refractivity contribution is 6.21. The van der Waals surface area contributed by atoms with Crippen LogP contribution in [0.25, 0.3) is 11.0 Å². The minimum atomic E-state index is -0.222. The first-order valence-corrected chi connectivity index (χ1v) is 5.69. The van der Waals surface area contributed by atoms with E-state index in [0.29, 0.717) is 0 Å². The van der Waals surface area contributed by atoms with Crippen molar-refractivity contribution in [2.45, 2.75) is 31.7 Å². The van der Waals surface area contributed by atoms with Crippen LogP contribution in [0.5, 0.6) is 0 Å². The topological polar surface area (TPSA) is 38.1 Å². The molecule has 0 aliphatic heterocycles. The third kappa shape index (κ3) is 2.00. The summed E-state index contributed by atoms with van der Waals surface area (Å²) in [6, 6.07) is 3.75. The summed E-state index contributed by atoms with van der Waals surface area (Å²) in [6.07, 6.45) is 3.39. The highest BCUT2D eigenvalue weighted by atomic mass is 35.5. The Balaban J connectivity index is 2.37. The van der Waals surface area contributed by atoms with E-state index in [0.717, 1.165) is 16.8 Å². The molecule has 0 radical (unpaired) electrons. The van der Waals surface area contributed by atoms with Gasteiger partial charge in [-0.25, -0.2) is 4.98 Å². The molecule has 0 aromatic carbocycles.